The van der Waals surface area contributed by atoms with Gasteiger partial charge in [0.15, 0.2) is 0 Å². The van der Waals surface area contributed by atoms with Gasteiger partial charge in [0.05, 0.1) is 25.6 Å². The second-order valence-corrected chi connectivity index (χ2v) is 5.71. The van der Waals surface area contributed by atoms with Crippen molar-refractivity contribution in [2.24, 2.45) is 0 Å². The maximum atomic E-state index is 12.3. The number of hydrogen-bond donors (Lipinski definition) is 1. The van der Waals surface area contributed by atoms with Gasteiger partial charge in [-0.25, -0.2) is 0 Å². The number of methoxy groups -OCH3 is 1. The smallest absolute Gasteiger partial charge is 0.244 e. The zero-order chi connectivity index (χ0) is 17.7. The highest BCUT2D eigenvalue weighted by molar-refractivity contribution is 6.31. The van der Waals surface area contributed by atoms with Gasteiger partial charge >= 0.3 is 0 Å². The lowest BCUT2D eigenvalue weighted by molar-refractivity contribution is -0.133. The Bertz CT molecular complexity index is 728. The Morgan fingerprint density at radius 1 is 1.38 bits per heavy atom. The van der Waals surface area contributed by atoms with Crippen molar-refractivity contribution in [3.05, 3.63) is 46.9 Å². The van der Waals surface area contributed by atoms with Gasteiger partial charge in [-0.15, -0.1) is 0 Å². The highest BCUT2D eigenvalue weighted by atomic mass is 35.5. The summed E-state index contributed by atoms with van der Waals surface area (Å²) >= 11 is 6.05. The number of hydrogen-bond acceptors (Lipinski definition) is 4. The maximum absolute atomic E-state index is 12.3. The van der Waals surface area contributed by atoms with Crippen LogP contribution < -0.4 is 10.1 Å². The summed E-state index contributed by atoms with van der Waals surface area (Å²) < 4.78 is 10.4. The number of ether oxygens (including phenoxy) is 1. The molecule has 0 spiro atoms. The minimum Gasteiger partial charge on any atom is -0.495 e. The molecule has 2 aromatic rings. The minimum absolute atomic E-state index is 0.0964. The summed E-state index contributed by atoms with van der Waals surface area (Å²) in [5.41, 5.74) is 1.32. The van der Waals surface area contributed by atoms with E-state index in [1.54, 1.807) is 24.3 Å². The Labute approximate surface area is 145 Å². The predicted octanol–water partition coefficient (Wildman–Crippen LogP) is 3.24. The van der Waals surface area contributed by atoms with Gasteiger partial charge in [-0.1, -0.05) is 11.6 Å². The third-order valence-corrected chi connectivity index (χ3v) is 3.87. The Balaban J connectivity index is 2.08. The van der Waals surface area contributed by atoms with Gasteiger partial charge in [0.25, 0.3) is 0 Å². The molecule has 6 nitrogen and oxygen atoms in total. The molecule has 128 valence electrons. The van der Waals surface area contributed by atoms with Crippen LogP contribution in [0, 0.1) is 6.92 Å². The predicted molar refractivity (Wildman–Crippen MR) is 91.2 cm³/mol. The van der Waals surface area contributed by atoms with Crippen LogP contribution in [0.3, 0.4) is 0 Å². The van der Waals surface area contributed by atoms with Gasteiger partial charge in [0, 0.05) is 18.0 Å². The third-order valence-electron chi connectivity index (χ3n) is 3.46. The van der Waals surface area contributed by atoms with Gasteiger partial charge in [-0.2, -0.15) is 0 Å². The Kier molecular flexibility index (Phi) is 5.87. The zero-order valence-corrected chi connectivity index (χ0v) is 14.5. The van der Waals surface area contributed by atoms with Crippen LogP contribution in [0.25, 0.3) is 0 Å². The summed E-state index contributed by atoms with van der Waals surface area (Å²) in [6, 6.07) is 6.84. The van der Waals surface area contributed by atoms with E-state index in [9.17, 15) is 9.59 Å². The van der Waals surface area contributed by atoms with E-state index in [0.29, 0.717) is 22.2 Å². The first-order chi connectivity index (χ1) is 11.4. The molecule has 1 aromatic heterocycles. The average Bonchev–Trinajstić information content (AvgIpc) is 3.03. The van der Waals surface area contributed by atoms with Crippen molar-refractivity contribution >= 4 is 29.1 Å². The molecule has 1 N–H and O–H groups in total. The lowest BCUT2D eigenvalue weighted by Gasteiger charge is -2.20. The number of furan rings is 1. The number of rotatable bonds is 6. The number of halogens is 1. The molecule has 0 bridgehead atoms. The number of nitrogens with one attached hydrogen (secondary N) is 1. The zero-order valence-electron chi connectivity index (χ0n) is 13.8. The molecule has 0 unspecified atom stereocenters. The molecule has 0 fully saturated rings. The van der Waals surface area contributed by atoms with Crippen LogP contribution >= 0.6 is 11.6 Å². The molecule has 0 saturated carbocycles. The van der Waals surface area contributed by atoms with Crippen molar-refractivity contribution in [1.82, 2.24) is 4.90 Å². The monoisotopic (exact) mass is 350 g/mol. The highest BCUT2D eigenvalue weighted by Crippen LogP contribution is 2.30. The van der Waals surface area contributed by atoms with E-state index in [-0.39, 0.29) is 24.9 Å². The number of aryl methyl sites for hydroxylation is 1. The van der Waals surface area contributed by atoms with E-state index >= 15 is 0 Å². The van der Waals surface area contributed by atoms with Crippen LogP contribution in [0.2, 0.25) is 5.02 Å². The molecule has 0 aliphatic carbocycles. The first-order valence-electron chi connectivity index (χ1n) is 7.32. The number of amides is 2. The topological polar surface area (TPSA) is 71.8 Å². The lowest BCUT2D eigenvalue weighted by atomic mass is 10.2. The molecule has 0 saturated heterocycles. The molecule has 7 heteroatoms. The first kappa shape index (κ1) is 17.9. The summed E-state index contributed by atoms with van der Waals surface area (Å²) in [6.45, 7) is 3.37. The quantitative estimate of drug-likeness (QED) is 0.868. The van der Waals surface area contributed by atoms with Gasteiger partial charge in [0.1, 0.15) is 18.1 Å². The second-order valence-electron chi connectivity index (χ2n) is 5.30. The van der Waals surface area contributed by atoms with Crippen LogP contribution in [-0.4, -0.2) is 30.4 Å². The summed E-state index contributed by atoms with van der Waals surface area (Å²) in [7, 11) is 1.50. The molecular formula is C17H19ClN2O4. The van der Waals surface area contributed by atoms with Crippen molar-refractivity contribution in [3.8, 4) is 5.75 Å². The molecular weight excluding hydrogens is 332 g/mol. The number of anilines is 1. The van der Waals surface area contributed by atoms with E-state index in [1.165, 1.54) is 25.2 Å². The number of carbonyl (C=O) groups excluding carboxylic acids is 2. The van der Waals surface area contributed by atoms with Crippen LogP contribution in [0.1, 0.15) is 18.2 Å². The molecule has 0 radical (unpaired) electrons. The summed E-state index contributed by atoms with van der Waals surface area (Å²) in [6.07, 6.45) is 1.52. The normalized spacial score (nSPS) is 10.3. The van der Waals surface area contributed by atoms with Crippen molar-refractivity contribution in [3.63, 3.8) is 0 Å². The largest absolute Gasteiger partial charge is 0.495 e. The van der Waals surface area contributed by atoms with Gasteiger partial charge in [-0.05, 0) is 30.7 Å². The standard InChI is InChI=1S/C17H19ClN2O4/c1-11-7-15(16(23-3)8-14(11)18)19-17(22)10-20(12(2)21)9-13-5-4-6-24-13/h4-8H,9-10H2,1-3H3,(H,19,22). The fraction of sp³-hybridized carbons (Fsp3) is 0.294. The lowest BCUT2D eigenvalue weighted by Crippen LogP contribution is -2.36. The van der Waals surface area contributed by atoms with Crippen molar-refractivity contribution in [2.45, 2.75) is 20.4 Å². The van der Waals surface area contributed by atoms with E-state index in [1.807, 2.05) is 6.92 Å². The maximum Gasteiger partial charge on any atom is 0.244 e. The molecule has 1 heterocycles. The summed E-state index contributed by atoms with van der Waals surface area (Å²) in [5.74, 6) is 0.509. The minimum atomic E-state index is -0.336. The van der Waals surface area contributed by atoms with Crippen LogP contribution in [-0.2, 0) is 16.1 Å². The summed E-state index contributed by atoms with van der Waals surface area (Å²) in [4.78, 5) is 25.4. The van der Waals surface area contributed by atoms with Gasteiger partial charge in [0.2, 0.25) is 11.8 Å². The Morgan fingerprint density at radius 3 is 2.71 bits per heavy atom. The molecule has 0 aliphatic rings. The number of carbonyl (C=O) groups is 2. The fourth-order valence-corrected chi connectivity index (χ4v) is 2.32. The Morgan fingerprint density at radius 2 is 2.12 bits per heavy atom. The van der Waals surface area contributed by atoms with Crippen LogP contribution in [0.5, 0.6) is 5.75 Å². The SMILES string of the molecule is COc1cc(Cl)c(C)cc1NC(=O)CN(Cc1ccco1)C(C)=O. The average molecular weight is 351 g/mol. The van der Waals surface area contributed by atoms with Crippen molar-refractivity contribution in [2.75, 3.05) is 19.0 Å². The molecule has 0 atom stereocenters. The van der Waals surface area contributed by atoms with Gasteiger partial charge < -0.3 is 19.4 Å². The van der Waals surface area contributed by atoms with E-state index < -0.39 is 0 Å². The van der Waals surface area contributed by atoms with Crippen molar-refractivity contribution in [1.29, 1.82) is 0 Å². The van der Waals surface area contributed by atoms with E-state index in [4.69, 9.17) is 20.8 Å². The molecule has 2 rings (SSSR count). The van der Waals surface area contributed by atoms with Crippen LogP contribution in [0.15, 0.2) is 34.9 Å². The molecule has 0 aliphatic heterocycles. The second kappa shape index (κ2) is 7.88. The first-order valence-corrected chi connectivity index (χ1v) is 7.70. The number of nitrogens with zero attached hydrogens (tertiary/aromatic N) is 1. The summed E-state index contributed by atoms with van der Waals surface area (Å²) in [5, 5.41) is 3.30. The fourth-order valence-electron chi connectivity index (χ4n) is 2.16. The third kappa shape index (κ3) is 4.52. The molecule has 1 aromatic carbocycles. The highest BCUT2D eigenvalue weighted by Gasteiger charge is 2.17. The van der Waals surface area contributed by atoms with E-state index in [0.717, 1.165) is 5.56 Å². The van der Waals surface area contributed by atoms with Crippen LogP contribution in [0.4, 0.5) is 5.69 Å². The van der Waals surface area contributed by atoms with E-state index in [2.05, 4.69) is 5.32 Å². The molecule has 24 heavy (non-hydrogen) atoms. The Hall–Kier alpha value is -2.47. The van der Waals surface area contributed by atoms with Gasteiger partial charge in [-0.3, -0.25) is 9.59 Å². The number of benzene rings is 1. The van der Waals surface area contributed by atoms with Crippen molar-refractivity contribution < 1.29 is 18.7 Å². The molecule has 2 amide bonds.